The maximum absolute atomic E-state index is 4.74. The fraction of sp³-hybridized carbons (Fsp3) is 0.500. The van der Waals surface area contributed by atoms with Crippen LogP contribution in [0.4, 0.5) is 0 Å². The predicted octanol–water partition coefficient (Wildman–Crippen LogP) is 0.856. The molecule has 0 saturated heterocycles. The van der Waals surface area contributed by atoms with Crippen molar-refractivity contribution in [1.29, 1.82) is 0 Å². The molecule has 0 aromatic rings. The molecule has 0 fully saturated rings. The Balaban J connectivity index is 2.49. The number of hydrogen-bond acceptors (Lipinski definition) is 1. The van der Waals surface area contributed by atoms with Crippen molar-refractivity contribution in [3.05, 3.63) is 12.7 Å². The molecule has 1 nitrogen and oxygen atoms in total. The fourth-order valence-corrected chi connectivity index (χ4v) is 0.427. The first kappa shape index (κ1) is 5.92. The Labute approximate surface area is 41.0 Å². The highest BCUT2D eigenvalue weighted by molar-refractivity contribution is 6.27. The summed E-state index contributed by atoms with van der Waals surface area (Å²) in [6.45, 7) is 3.53. The molecule has 0 bridgehead atoms. The van der Waals surface area contributed by atoms with Gasteiger partial charge in [0.1, 0.15) is 0 Å². The second-order valence-corrected chi connectivity index (χ2v) is 1.95. The van der Waals surface area contributed by atoms with Gasteiger partial charge in [-0.25, -0.2) is 0 Å². The second-order valence-electron chi connectivity index (χ2n) is 0.841. The molecule has 0 aliphatic heterocycles. The zero-order valence-corrected chi connectivity index (χ0v) is 4.90. The summed E-state index contributed by atoms with van der Waals surface area (Å²) in [4.78, 5) is 0. The van der Waals surface area contributed by atoms with E-state index >= 15 is 0 Å². The third-order valence-electron chi connectivity index (χ3n) is 0.372. The largest absolute Gasteiger partial charge is 0.420 e. The molecule has 0 aliphatic rings. The van der Waals surface area contributed by atoms with Gasteiger partial charge in [0.25, 0.3) is 0 Å². The molecule has 34 valence electrons. The normalized spacial score (nSPS) is 8.17. The summed E-state index contributed by atoms with van der Waals surface area (Å²) in [5.74, 6) is 0. The van der Waals surface area contributed by atoms with E-state index in [-0.39, 0.29) is 0 Å². The Hall–Kier alpha value is -0.0831. The lowest BCUT2D eigenvalue weighted by Crippen LogP contribution is -1.87. The first-order chi connectivity index (χ1) is 2.91. The Morgan fingerprint density at radius 1 is 2.00 bits per heavy atom. The minimum Gasteiger partial charge on any atom is -0.420 e. The molecule has 2 heteroatoms. The molecule has 0 spiro atoms. The predicted molar refractivity (Wildman–Crippen MR) is 27.8 cm³/mol. The van der Waals surface area contributed by atoms with Gasteiger partial charge in [-0.05, 0) is 6.04 Å². The lowest BCUT2D eigenvalue weighted by atomic mass is 10.8. The molecule has 2 radical (unpaired) electrons. The first-order valence-electron chi connectivity index (χ1n) is 1.78. The highest BCUT2D eigenvalue weighted by Gasteiger charge is 1.75. The van der Waals surface area contributed by atoms with Crippen LogP contribution in [0.25, 0.3) is 0 Å². The van der Waals surface area contributed by atoms with Gasteiger partial charge in [0.05, 0.1) is 0 Å². The van der Waals surface area contributed by atoms with Crippen molar-refractivity contribution in [2.24, 2.45) is 0 Å². The van der Waals surface area contributed by atoms with Crippen molar-refractivity contribution in [3.63, 3.8) is 0 Å². The van der Waals surface area contributed by atoms with Crippen LogP contribution >= 0.6 is 0 Å². The third kappa shape index (κ3) is 3.92. The van der Waals surface area contributed by atoms with E-state index in [4.69, 9.17) is 4.43 Å². The van der Waals surface area contributed by atoms with Gasteiger partial charge in [0, 0.05) is 7.11 Å². The van der Waals surface area contributed by atoms with Gasteiger partial charge < -0.3 is 4.43 Å². The van der Waals surface area contributed by atoms with Crippen molar-refractivity contribution in [3.8, 4) is 0 Å². The molecule has 0 rings (SSSR count). The summed E-state index contributed by atoms with van der Waals surface area (Å²) in [5, 5.41) is 0. The van der Waals surface area contributed by atoms with Crippen LogP contribution in [0.1, 0.15) is 0 Å². The van der Waals surface area contributed by atoms with E-state index in [0.717, 1.165) is 6.04 Å². The molecule has 0 N–H and O–H groups in total. The molecule has 0 saturated carbocycles. The minimum atomic E-state index is 0.597. The first-order valence-corrected chi connectivity index (χ1v) is 2.90. The van der Waals surface area contributed by atoms with Gasteiger partial charge in [-0.2, -0.15) is 0 Å². The van der Waals surface area contributed by atoms with E-state index < -0.39 is 0 Å². The zero-order chi connectivity index (χ0) is 4.83. The zero-order valence-electron chi connectivity index (χ0n) is 3.90. The van der Waals surface area contributed by atoms with Crippen molar-refractivity contribution in [2.45, 2.75) is 6.04 Å². The SMILES string of the molecule is C=CC[Si]OC. The monoisotopic (exact) mass is 100 g/mol. The number of rotatable bonds is 3. The van der Waals surface area contributed by atoms with Gasteiger partial charge in [-0.3, -0.25) is 0 Å². The van der Waals surface area contributed by atoms with Gasteiger partial charge in [0.15, 0.2) is 0 Å². The summed E-state index contributed by atoms with van der Waals surface area (Å²) >= 11 is 0. The summed E-state index contributed by atoms with van der Waals surface area (Å²) in [5.41, 5.74) is 0. The van der Waals surface area contributed by atoms with Crippen LogP contribution in [0.5, 0.6) is 0 Å². The molecule has 6 heavy (non-hydrogen) atoms. The maximum atomic E-state index is 4.74. The summed E-state index contributed by atoms with van der Waals surface area (Å²) in [6, 6.07) is 0.983. The van der Waals surface area contributed by atoms with Gasteiger partial charge >= 0.3 is 0 Å². The Kier molecular flexibility index (Phi) is 4.85. The molecule has 0 unspecified atom stereocenters. The molecular formula is C4H8OSi. The van der Waals surface area contributed by atoms with Crippen LogP contribution in [0.15, 0.2) is 12.7 Å². The van der Waals surface area contributed by atoms with Crippen molar-refractivity contribution >= 4 is 9.76 Å². The molecule has 0 aromatic carbocycles. The maximum Gasteiger partial charge on any atom is 0.233 e. The van der Waals surface area contributed by atoms with Crippen molar-refractivity contribution in [1.82, 2.24) is 0 Å². The van der Waals surface area contributed by atoms with Crippen LogP contribution in [0.2, 0.25) is 6.04 Å². The number of allylic oxidation sites excluding steroid dienone is 1. The molecule has 0 amide bonds. The summed E-state index contributed by atoms with van der Waals surface area (Å²) in [6.07, 6.45) is 1.85. The summed E-state index contributed by atoms with van der Waals surface area (Å²) in [7, 11) is 2.29. The Morgan fingerprint density at radius 2 is 2.67 bits per heavy atom. The van der Waals surface area contributed by atoms with E-state index in [2.05, 4.69) is 6.58 Å². The second kappa shape index (κ2) is 4.92. The third-order valence-corrected chi connectivity index (χ3v) is 1.12. The smallest absolute Gasteiger partial charge is 0.233 e. The molecule has 0 aliphatic carbocycles. The van der Waals surface area contributed by atoms with Gasteiger partial charge in [-0.15, -0.1) is 6.58 Å². The molecular weight excluding hydrogens is 92.1 g/mol. The molecule has 0 heterocycles. The Morgan fingerprint density at radius 3 is 2.83 bits per heavy atom. The summed E-state index contributed by atoms with van der Waals surface area (Å²) < 4.78 is 4.74. The molecule has 0 aromatic heterocycles. The van der Waals surface area contributed by atoms with E-state index in [1.54, 1.807) is 7.11 Å². The highest BCUT2D eigenvalue weighted by atomic mass is 28.2. The standard InChI is InChI=1S/C4H8OSi/c1-3-4-6-5-2/h3H,1,4H2,2H3. The van der Waals surface area contributed by atoms with E-state index in [1.807, 2.05) is 6.08 Å². The van der Waals surface area contributed by atoms with E-state index in [1.165, 1.54) is 0 Å². The van der Waals surface area contributed by atoms with Crippen LogP contribution in [-0.2, 0) is 4.43 Å². The topological polar surface area (TPSA) is 9.23 Å². The average molecular weight is 100 g/mol. The van der Waals surface area contributed by atoms with Gasteiger partial charge in [-0.1, -0.05) is 6.08 Å². The number of hydrogen-bond donors (Lipinski definition) is 0. The van der Waals surface area contributed by atoms with Crippen LogP contribution < -0.4 is 0 Å². The lowest BCUT2D eigenvalue weighted by molar-refractivity contribution is 0.443. The van der Waals surface area contributed by atoms with E-state index in [0.29, 0.717) is 9.76 Å². The highest BCUT2D eigenvalue weighted by Crippen LogP contribution is 1.74. The van der Waals surface area contributed by atoms with Crippen LogP contribution in [0.3, 0.4) is 0 Å². The minimum absolute atomic E-state index is 0.597. The Bertz CT molecular complexity index is 36.5. The fourth-order valence-electron chi connectivity index (χ4n) is 0.142. The lowest BCUT2D eigenvalue weighted by Gasteiger charge is -1.82. The van der Waals surface area contributed by atoms with Crippen molar-refractivity contribution < 1.29 is 4.43 Å². The van der Waals surface area contributed by atoms with Crippen LogP contribution in [0, 0.1) is 0 Å². The van der Waals surface area contributed by atoms with Crippen LogP contribution in [-0.4, -0.2) is 16.9 Å². The molecule has 0 atom stereocenters. The van der Waals surface area contributed by atoms with E-state index in [9.17, 15) is 0 Å². The van der Waals surface area contributed by atoms with Gasteiger partial charge in [0.2, 0.25) is 9.76 Å². The average Bonchev–Trinajstić information content (AvgIpc) is 1.61. The quantitative estimate of drug-likeness (QED) is 0.290. The van der Waals surface area contributed by atoms with Crippen molar-refractivity contribution in [2.75, 3.05) is 7.11 Å².